The Hall–Kier alpha value is -3.21. The van der Waals surface area contributed by atoms with Crippen LogP contribution in [0.5, 0.6) is 0 Å². The van der Waals surface area contributed by atoms with E-state index in [0.717, 1.165) is 10.8 Å². The molecular weight excluding hydrogens is 292 g/mol. The van der Waals surface area contributed by atoms with Gasteiger partial charge in [0.25, 0.3) is 0 Å². The summed E-state index contributed by atoms with van der Waals surface area (Å²) in [6.45, 7) is -0.101. The van der Waals surface area contributed by atoms with Gasteiger partial charge in [-0.15, -0.1) is 0 Å². The number of furan rings is 1. The Morgan fingerprint density at radius 1 is 1.04 bits per heavy atom. The number of rotatable bonds is 3. The van der Waals surface area contributed by atoms with E-state index >= 15 is 0 Å². The van der Waals surface area contributed by atoms with Crippen molar-refractivity contribution in [2.45, 2.75) is 6.54 Å². The predicted octanol–water partition coefficient (Wildman–Crippen LogP) is 3.03. The molecular formula is C18H12N2O3. The highest BCUT2D eigenvalue weighted by atomic mass is 16.3. The van der Waals surface area contributed by atoms with Crippen molar-refractivity contribution in [2.24, 2.45) is 0 Å². The van der Waals surface area contributed by atoms with E-state index in [1.807, 2.05) is 36.4 Å². The second kappa shape index (κ2) is 5.21. The summed E-state index contributed by atoms with van der Waals surface area (Å²) in [6.07, 6.45) is 1.64. The highest BCUT2D eigenvalue weighted by Crippen LogP contribution is 2.19. The first kappa shape index (κ1) is 13.5. The van der Waals surface area contributed by atoms with Crippen LogP contribution in [0.4, 0.5) is 0 Å². The Balaban J connectivity index is 1.70. The Kier molecular flexibility index (Phi) is 3.05. The van der Waals surface area contributed by atoms with Crippen LogP contribution < -0.4 is 5.69 Å². The third-order valence-corrected chi connectivity index (χ3v) is 3.71. The van der Waals surface area contributed by atoms with E-state index < -0.39 is 5.69 Å². The maximum Gasteiger partial charge on any atom is 0.348 e. The van der Waals surface area contributed by atoms with Gasteiger partial charge < -0.3 is 4.42 Å². The molecule has 5 nitrogen and oxygen atoms in total. The maximum atomic E-state index is 12.4. The van der Waals surface area contributed by atoms with Gasteiger partial charge in [-0.2, -0.15) is 4.98 Å². The van der Waals surface area contributed by atoms with Crippen LogP contribution in [0, 0.1) is 0 Å². The van der Waals surface area contributed by atoms with Crippen LogP contribution in [0.1, 0.15) is 10.6 Å². The van der Waals surface area contributed by atoms with Crippen LogP contribution in [0.2, 0.25) is 0 Å². The number of Topliss-reactive ketones (excluding diaryl/α,β-unsaturated/α-hetero) is 1. The lowest BCUT2D eigenvalue weighted by atomic mass is 10.2. The lowest BCUT2D eigenvalue weighted by molar-refractivity contribution is 0.0945. The molecule has 0 unspecified atom stereocenters. The van der Waals surface area contributed by atoms with E-state index in [9.17, 15) is 9.59 Å². The number of aromatic nitrogens is 2. The van der Waals surface area contributed by atoms with Gasteiger partial charge >= 0.3 is 5.69 Å². The second-order valence-corrected chi connectivity index (χ2v) is 5.28. The molecule has 0 saturated heterocycles. The van der Waals surface area contributed by atoms with Gasteiger partial charge in [-0.05, 0) is 18.2 Å². The van der Waals surface area contributed by atoms with E-state index in [-0.39, 0.29) is 18.1 Å². The van der Waals surface area contributed by atoms with Gasteiger partial charge in [0.1, 0.15) is 5.58 Å². The van der Waals surface area contributed by atoms with Gasteiger partial charge in [-0.3, -0.25) is 9.36 Å². The molecule has 0 bridgehead atoms. The number of para-hydroxylation sites is 2. The first-order valence-corrected chi connectivity index (χ1v) is 7.19. The van der Waals surface area contributed by atoms with Crippen molar-refractivity contribution < 1.29 is 9.21 Å². The number of ketones is 1. The number of nitrogens with zero attached hydrogens (tertiary/aromatic N) is 2. The normalized spacial score (nSPS) is 11.1. The SMILES string of the molecule is O=C(Cn1cc2ccccc2nc1=O)c1cc2ccccc2o1. The fraction of sp³-hybridized carbons (Fsp3) is 0.0556. The monoisotopic (exact) mass is 304 g/mol. The average Bonchev–Trinajstić information content (AvgIpc) is 3.00. The summed E-state index contributed by atoms with van der Waals surface area (Å²) >= 11 is 0. The zero-order valence-corrected chi connectivity index (χ0v) is 12.1. The molecule has 0 fully saturated rings. The first-order chi connectivity index (χ1) is 11.2. The highest BCUT2D eigenvalue weighted by molar-refractivity contribution is 5.97. The molecule has 4 rings (SSSR count). The van der Waals surface area contributed by atoms with Crippen LogP contribution in [0.3, 0.4) is 0 Å². The smallest absolute Gasteiger partial charge is 0.348 e. The van der Waals surface area contributed by atoms with Crippen LogP contribution in [-0.4, -0.2) is 15.3 Å². The Morgan fingerprint density at radius 2 is 1.78 bits per heavy atom. The Morgan fingerprint density at radius 3 is 2.61 bits per heavy atom. The van der Waals surface area contributed by atoms with Crippen molar-refractivity contribution in [1.82, 2.24) is 9.55 Å². The number of benzene rings is 2. The minimum Gasteiger partial charge on any atom is -0.453 e. The summed E-state index contributed by atoms with van der Waals surface area (Å²) in [4.78, 5) is 28.4. The number of carbonyl (C=O) groups is 1. The van der Waals surface area contributed by atoms with Crippen molar-refractivity contribution in [1.29, 1.82) is 0 Å². The van der Waals surface area contributed by atoms with Gasteiger partial charge in [-0.1, -0.05) is 36.4 Å². The molecule has 0 saturated carbocycles. The molecule has 0 amide bonds. The van der Waals surface area contributed by atoms with Gasteiger partial charge in [0, 0.05) is 17.0 Å². The first-order valence-electron chi connectivity index (χ1n) is 7.19. The molecule has 0 N–H and O–H groups in total. The zero-order valence-electron chi connectivity index (χ0n) is 12.1. The fourth-order valence-electron chi connectivity index (χ4n) is 2.55. The molecule has 4 aromatic rings. The van der Waals surface area contributed by atoms with E-state index in [2.05, 4.69) is 4.98 Å². The molecule has 0 aliphatic heterocycles. The molecule has 2 aromatic heterocycles. The summed E-state index contributed by atoms with van der Waals surface area (Å²) in [5, 5.41) is 1.67. The molecule has 0 atom stereocenters. The molecule has 0 aliphatic rings. The van der Waals surface area contributed by atoms with E-state index in [1.54, 1.807) is 24.4 Å². The number of fused-ring (bicyclic) bond motifs is 2. The Labute approximate surface area is 130 Å². The average molecular weight is 304 g/mol. The van der Waals surface area contributed by atoms with E-state index in [0.29, 0.717) is 11.1 Å². The zero-order chi connectivity index (χ0) is 15.8. The minimum atomic E-state index is -0.451. The maximum absolute atomic E-state index is 12.4. The lowest BCUT2D eigenvalue weighted by Gasteiger charge is -2.04. The summed E-state index contributed by atoms with van der Waals surface area (Å²) in [5.41, 5.74) is 0.818. The molecule has 112 valence electrons. The fourth-order valence-corrected chi connectivity index (χ4v) is 2.55. The molecule has 0 aliphatic carbocycles. The van der Waals surface area contributed by atoms with E-state index in [1.165, 1.54) is 4.57 Å². The van der Waals surface area contributed by atoms with Crippen molar-refractivity contribution in [2.75, 3.05) is 0 Å². The summed E-state index contributed by atoms with van der Waals surface area (Å²) in [7, 11) is 0. The van der Waals surface area contributed by atoms with Crippen molar-refractivity contribution >= 4 is 27.7 Å². The summed E-state index contributed by atoms with van der Waals surface area (Å²) < 4.78 is 6.85. The van der Waals surface area contributed by atoms with Crippen LogP contribution in [0.25, 0.3) is 21.9 Å². The van der Waals surface area contributed by atoms with Crippen molar-refractivity contribution in [3.05, 3.63) is 77.0 Å². The Bertz CT molecular complexity index is 1060. The van der Waals surface area contributed by atoms with Crippen LogP contribution in [0.15, 0.2) is 70.0 Å². The van der Waals surface area contributed by atoms with Crippen LogP contribution in [-0.2, 0) is 6.54 Å². The molecule has 0 spiro atoms. The number of carbonyl (C=O) groups excluding carboxylic acids is 1. The number of hydrogen-bond acceptors (Lipinski definition) is 4. The summed E-state index contributed by atoms with van der Waals surface area (Å²) in [5.74, 6) is -0.0216. The van der Waals surface area contributed by atoms with Gasteiger partial charge in [0.15, 0.2) is 5.76 Å². The second-order valence-electron chi connectivity index (χ2n) is 5.28. The van der Waals surface area contributed by atoms with Gasteiger partial charge in [0.2, 0.25) is 5.78 Å². The topological polar surface area (TPSA) is 65.1 Å². The van der Waals surface area contributed by atoms with Crippen molar-refractivity contribution in [3.8, 4) is 0 Å². The molecule has 23 heavy (non-hydrogen) atoms. The summed E-state index contributed by atoms with van der Waals surface area (Å²) in [6, 6.07) is 16.4. The predicted molar refractivity (Wildman–Crippen MR) is 86.5 cm³/mol. The van der Waals surface area contributed by atoms with Gasteiger partial charge in [-0.25, -0.2) is 4.79 Å². The molecule has 2 aromatic carbocycles. The minimum absolute atomic E-state index is 0.101. The quantitative estimate of drug-likeness (QED) is 0.546. The highest BCUT2D eigenvalue weighted by Gasteiger charge is 2.14. The third kappa shape index (κ3) is 2.42. The number of hydrogen-bond donors (Lipinski definition) is 0. The standard InChI is InChI=1S/C18H12N2O3/c21-15(17-9-12-5-2-4-8-16(12)23-17)11-20-10-13-6-1-3-7-14(13)19-18(20)22/h1-10H,11H2. The molecule has 0 radical (unpaired) electrons. The molecule has 5 heteroatoms. The van der Waals surface area contributed by atoms with Gasteiger partial charge in [0.05, 0.1) is 12.1 Å². The third-order valence-electron chi connectivity index (χ3n) is 3.71. The molecule has 2 heterocycles. The van der Waals surface area contributed by atoms with Crippen LogP contribution >= 0.6 is 0 Å². The lowest BCUT2D eigenvalue weighted by Crippen LogP contribution is -2.25. The largest absolute Gasteiger partial charge is 0.453 e. The van der Waals surface area contributed by atoms with Crippen molar-refractivity contribution in [3.63, 3.8) is 0 Å². The van der Waals surface area contributed by atoms with E-state index in [4.69, 9.17) is 4.42 Å².